The Labute approximate surface area is 210 Å². The van der Waals surface area contributed by atoms with Crippen LogP contribution < -0.4 is 5.32 Å². The Hall–Kier alpha value is -4.64. The van der Waals surface area contributed by atoms with E-state index in [1.807, 2.05) is 16.9 Å². The second kappa shape index (κ2) is 9.10. The third-order valence-electron chi connectivity index (χ3n) is 6.75. The summed E-state index contributed by atoms with van der Waals surface area (Å²) in [4.78, 5) is 35.9. The Morgan fingerprint density at radius 1 is 1.14 bits per heavy atom. The van der Waals surface area contributed by atoms with Crippen molar-refractivity contribution < 1.29 is 14.5 Å². The molecule has 2 aromatic carbocycles. The molecule has 0 atom stereocenters. The molecule has 1 fully saturated rings. The molecule has 186 valence electrons. The quantitative estimate of drug-likeness (QED) is 0.208. The summed E-state index contributed by atoms with van der Waals surface area (Å²) in [5.41, 5.74) is 3.62. The summed E-state index contributed by atoms with van der Waals surface area (Å²) in [6.07, 6.45) is 5.77. The molecule has 11 nitrogen and oxygen atoms in total. The predicted octanol–water partition coefficient (Wildman–Crippen LogP) is 4.26. The number of ether oxygens (including phenoxy) is 1. The molecule has 0 amide bonds. The number of fused-ring (bicyclic) bond motifs is 3. The summed E-state index contributed by atoms with van der Waals surface area (Å²) in [5, 5.41) is 21.0. The summed E-state index contributed by atoms with van der Waals surface area (Å²) in [6, 6.07) is 11.8. The summed E-state index contributed by atoms with van der Waals surface area (Å²) in [5.74, 6) is -0.0899. The number of carbonyl (C=O) groups is 1. The van der Waals surface area contributed by atoms with Crippen LogP contribution in [-0.4, -0.2) is 55.8 Å². The van der Waals surface area contributed by atoms with Crippen molar-refractivity contribution in [1.82, 2.24) is 30.0 Å². The maximum Gasteiger partial charge on any atom is 0.337 e. The molecule has 0 unspecified atom stereocenters. The van der Waals surface area contributed by atoms with E-state index in [1.165, 1.54) is 19.2 Å². The fourth-order valence-corrected chi connectivity index (χ4v) is 4.87. The molecule has 0 saturated carbocycles. The number of H-pyrrole nitrogens is 1. The summed E-state index contributed by atoms with van der Waals surface area (Å²) in [6.45, 7) is 1.89. The number of hydrogen-bond donors (Lipinski definition) is 2. The van der Waals surface area contributed by atoms with E-state index in [0.717, 1.165) is 42.3 Å². The first kappa shape index (κ1) is 22.8. The fraction of sp³-hybridized carbons (Fsp3) is 0.231. The molecule has 4 heterocycles. The first-order chi connectivity index (χ1) is 18.0. The number of nitro benzene ring substituents is 1. The van der Waals surface area contributed by atoms with Gasteiger partial charge in [0.1, 0.15) is 5.65 Å². The molecular weight excluding hydrogens is 474 g/mol. The average molecular weight is 498 g/mol. The van der Waals surface area contributed by atoms with Crippen LogP contribution >= 0.6 is 0 Å². The number of benzene rings is 2. The van der Waals surface area contributed by atoms with Gasteiger partial charge in [0.25, 0.3) is 5.69 Å². The molecule has 2 N–H and O–H groups in total. The van der Waals surface area contributed by atoms with E-state index in [9.17, 15) is 14.9 Å². The van der Waals surface area contributed by atoms with Crippen molar-refractivity contribution in [2.24, 2.45) is 0 Å². The predicted molar refractivity (Wildman–Crippen MR) is 137 cm³/mol. The molecular formula is C26H23N7O4. The number of methoxy groups -OCH3 is 1. The highest BCUT2D eigenvalue weighted by atomic mass is 16.6. The Bertz CT molecular complexity index is 1670. The molecule has 5 aromatic rings. The van der Waals surface area contributed by atoms with Crippen molar-refractivity contribution in [3.63, 3.8) is 0 Å². The van der Waals surface area contributed by atoms with Crippen molar-refractivity contribution in [3.05, 3.63) is 70.5 Å². The SMILES string of the molecule is COC(=O)c1ccc2c(c1)[nH]c1nc(-c3cccc([N+](=O)[O-])c3)nc(-c3cnn(C4CCNCC4)c3)c12. The van der Waals surface area contributed by atoms with Crippen LogP contribution in [0.1, 0.15) is 29.2 Å². The number of rotatable bonds is 5. The minimum Gasteiger partial charge on any atom is -0.465 e. The second-order valence-electron chi connectivity index (χ2n) is 8.99. The Kier molecular flexibility index (Phi) is 5.61. The number of esters is 1. The van der Waals surface area contributed by atoms with Crippen molar-refractivity contribution in [2.45, 2.75) is 18.9 Å². The third kappa shape index (κ3) is 4.08. The van der Waals surface area contributed by atoms with Crippen LogP contribution in [0, 0.1) is 10.1 Å². The normalized spacial score (nSPS) is 14.3. The van der Waals surface area contributed by atoms with Gasteiger partial charge in [-0.3, -0.25) is 14.8 Å². The van der Waals surface area contributed by atoms with Crippen LogP contribution in [0.5, 0.6) is 0 Å². The van der Waals surface area contributed by atoms with Gasteiger partial charge in [0.2, 0.25) is 0 Å². The third-order valence-corrected chi connectivity index (χ3v) is 6.75. The first-order valence-corrected chi connectivity index (χ1v) is 11.9. The van der Waals surface area contributed by atoms with Gasteiger partial charge >= 0.3 is 5.97 Å². The second-order valence-corrected chi connectivity index (χ2v) is 8.99. The van der Waals surface area contributed by atoms with E-state index in [2.05, 4.69) is 15.4 Å². The van der Waals surface area contributed by atoms with Crippen LogP contribution in [0.4, 0.5) is 5.69 Å². The standard InChI is InChI=1S/C26H23N7O4/c1-37-26(34)16-5-6-20-21(12-16)29-25-22(20)23(17-13-28-32(14-17)18-7-9-27-10-8-18)30-24(31-25)15-3-2-4-19(11-15)33(35)36/h2-6,11-14,18,27H,7-10H2,1H3,(H,29,30,31). The zero-order valence-electron chi connectivity index (χ0n) is 20.0. The maximum absolute atomic E-state index is 12.1. The van der Waals surface area contributed by atoms with Gasteiger partial charge in [-0.15, -0.1) is 0 Å². The van der Waals surface area contributed by atoms with E-state index in [4.69, 9.17) is 14.7 Å². The molecule has 1 aliphatic heterocycles. The van der Waals surface area contributed by atoms with E-state index < -0.39 is 10.9 Å². The molecule has 1 aliphatic rings. The zero-order valence-corrected chi connectivity index (χ0v) is 20.0. The van der Waals surface area contributed by atoms with Gasteiger partial charge in [0.05, 0.1) is 40.9 Å². The van der Waals surface area contributed by atoms with E-state index >= 15 is 0 Å². The molecule has 37 heavy (non-hydrogen) atoms. The Morgan fingerprint density at radius 2 is 1.97 bits per heavy atom. The first-order valence-electron chi connectivity index (χ1n) is 11.9. The largest absolute Gasteiger partial charge is 0.465 e. The van der Waals surface area contributed by atoms with Crippen LogP contribution in [0.25, 0.3) is 44.6 Å². The fourth-order valence-electron chi connectivity index (χ4n) is 4.87. The van der Waals surface area contributed by atoms with Crippen LogP contribution in [0.3, 0.4) is 0 Å². The number of nitrogens with one attached hydrogen (secondary N) is 2. The lowest BCUT2D eigenvalue weighted by Gasteiger charge is -2.22. The number of nitrogens with zero attached hydrogens (tertiary/aromatic N) is 5. The summed E-state index contributed by atoms with van der Waals surface area (Å²) < 4.78 is 6.86. The molecule has 11 heteroatoms. The van der Waals surface area contributed by atoms with Crippen LogP contribution in [0.15, 0.2) is 54.9 Å². The molecule has 0 aliphatic carbocycles. The Balaban J connectivity index is 1.56. The number of carbonyl (C=O) groups excluding carboxylic acids is 1. The zero-order chi connectivity index (χ0) is 25.5. The lowest BCUT2D eigenvalue weighted by Crippen LogP contribution is -2.29. The van der Waals surface area contributed by atoms with Gasteiger partial charge in [0, 0.05) is 40.4 Å². The van der Waals surface area contributed by atoms with Crippen molar-refractivity contribution in [1.29, 1.82) is 0 Å². The van der Waals surface area contributed by atoms with Gasteiger partial charge < -0.3 is 15.0 Å². The number of aromatic amines is 1. The van der Waals surface area contributed by atoms with E-state index in [1.54, 1.807) is 30.5 Å². The summed E-state index contributed by atoms with van der Waals surface area (Å²) in [7, 11) is 1.34. The highest BCUT2D eigenvalue weighted by Crippen LogP contribution is 2.35. The Morgan fingerprint density at radius 3 is 2.76 bits per heavy atom. The van der Waals surface area contributed by atoms with E-state index in [0.29, 0.717) is 39.9 Å². The molecule has 1 saturated heterocycles. The smallest absolute Gasteiger partial charge is 0.337 e. The summed E-state index contributed by atoms with van der Waals surface area (Å²) >= 11 is 0. The lowest BCUT2D eigenvalue weighted by atomic mass is 10.1. The van der Waals surface area contributed by atoms with Crippen molar-refractivity contribution >= 4 is 33.6 Å². The van der Waals surface area contributed by atoms with Crippen molar-refractivity contribution in [2.75, 3.05) is 20.2 Å². The highest BCUT2D eigenvalue weighted by Gasteiger charge is 2.21. The topological polar surface area (TPSA) is 141 Å². The number of piperidine rings is 1. The van der Waals surface area contributed by atoms with Gasteiger partial charge in [-0.2, -0.15) is 5.10 Å². The minimum absolute atomic E-state index is 0.0409. The van der Waals surface area contributed by atoms with Gasteiger partial charge in [-0.25, -0.2) is 14.8 Å². The number of non-ortho nitro benzene ring substituents is 1. The van der Waals surface area contributed by atoms with E-state index in [-0.39, 0.29) is 5.69 Å². The van der Waals surface area contributed by atoms with Gasteiger partial charge in [0.15, 0.2) is 5.82 Å². The highest BCUT2D eigenvalue weighted by molar-refractivity contribution is 6.13. The number of aromatic nitrogens is 5. The van der Waals surface area contributed by atoms with Crippen LogP contribution in [-0.2, 0) is 4.74 Å². The monoisotopic (exact) mass is 497 g/mol. The average Bonchev–Trinajstić information content (AvgIpc) is 3.57. The van der Waals surface area contributed by atoms with Crippen LogP contribution in [0.2, 0.25) is 0 Å². The lowest BCUT2D eigenvalue weighted by molar-refractivity contribution is -0.384. The number of hydrogen-bond acceptors (Lipinski definition) is 8. The van der Waals surface area contributed by atoms with Gasteiger partial charge in [-0.05, 0) is 38.1 Å². The number of nitro groups is 1. The van der Waals surface area contributed by atoms with Gasteiger partial charge in [-0.1, -0.05) is 18.2 Å². The molecule has 0 bridgehead atoms. The molecule has 0 radical (unpaired) electrons. The molecule has 6 rings (SSSR count). The maximum atomic E-state index is 12.1. The molecule has 0 spiro atoms. The minimum atomic E-state index is -0.441. The van der Waals surface area contributed by atoms with Crippen molar-refractivity contribution in [3.8, 4) is 22.6 Å². The molecule has 3 aromatic heterocycles.